The van der Waals surface area contributed by atoms with Gasteiger partial charge in [0, 0.05) is 28.7 Å². The number of hydrogen-bond donors (Lipinski definition) is 2. The van der Waals surface area contributed by atoms with Gasteiger partial charge in [-0.15, -0.1) is 0 Å². The second-order valence-corrected chi connectivity index (χ2v) is 9.29. The van der Waals surface area contributed by atoms with Crippen molar-refractivity contribution in [3.05, 3.63) is 42.5 Å². The smallest absolute Gasteiger partial charge is 0.425 e. The monoisotopic (exact) mass is 519 g/mol. The first kappa shape index (κ1) is 25.2. The summed E-state index contributed by atoms with van der Waals surface area (Å²) in [5.41, 5.74) is 10.2. The van der Waals surface area contributed by atoms with Crippen LogP contribution in [0.2, 0.25) is 0 Å². The second-order valence-electron chi connectivity index (χ2n) is 9.29. The molecule has 0 spiro atoms. The molecule has 1 atom stereocenters. The van der Waals surface area contributed by atoms with E-state index >= 15 is 0 Å². The number of hydrogen-bond acceptors (Lipinski definition) is 6. The molecule has 1 saturated carbocycles. The van der Waals surface area contributed by atoms with Crippen LogP contribution in [0.15, 0.2) is 42.5 Å². The predicted molar refractivity (Wildman–Crippen MR) is 131 cm³/mol. The molecular weight excluding hydrogens is 491 g/mol. The quantitative estimate of drug-likeness (QED) is 0.423. The van der Waals surface area contributed by atoms with E-state index in [4.69, 9.17) is 19.9 Å². The van der Waals surface area contributed by atoms with Gasteiger partial charge in [-0.1, -0.05) is 12.1 Å². The molecule has 1 saturated heterocycles. The number of benzene rings is 2. The van der Waals surface area contributed by atoms with Crippen LogP contribution < -0.4 is 15.8 Å². The topological polar surface area (TPSA) is 97.0 Å². The van der Waals surface area contributed by atoms with E-state index in [1.54, 1.807) is 24.3 Å². The minimum absolute atomic E-state index is 0.194. The third-order valence-electron chi connectivity index (χ3n) is 6.68. The number of aromatic nitrogens is 1. The number of amides is 1. The van der Waals surface area contributed by atoms with Crippen LogP contribution in [0.4, 0.5) is 29.3 Å². The van der Waals surface area contributed by atoms with Crippen LogP contribution in [-0.4, -0.2) is 49.1 Å². The molecule has 37 heavy (non-hydrogen) atoms. The van der Waals surface area contributed by atoms with E-state index < -0.39 is 18.4 Å². The summed E-state index contributed by atoms with van der Waals surface area (Å²) in [7, 11) is 0. The van der Waals surface area contributed by atoms with Crippen molar-refractivity contribution in [2.75, 3.05) is 31.1 Å². The van der Waals surface area contributed by atoms with Gasteiger partial charge in [0.2, 0.25) is 0 Å². The van der Waals surface area contributed by atoms with Crippen molar-refractivity contribution in [2.45, 2.75) is 50.6 Å². The van der Waals surface area contributed by atoms with E-state index in [0.717, 1.165) is 48.3 Å². The first-order valence-electron chi connectivity index (χ1n) is 12.1. The first-order chi connectivity index (χ1) is 17.7. The third kappa shape index (κ3) is 5.33. The fourth-order valence-corrected chi connectivity index (χ4v) is 4.52. The van der Waals surface area contributed by atoms with Crippen molar-refractivity contribution in [1.82, 2.24) is 4.57 Å². The normalized spacial score (nSPS) is 17.8. The third-order valence-corrected chi connectivity index (χ3v) is 6.68. The summed E-state index contributed by atoms with van der Waals surface area (Å²) in [5.74, 6) is 0.697. The molecule has 1 aliphatic carbocycles. The highest BCUT2D eigenvalue weighted by atomic mass is 19.4. The zero-order chi connectivity index (χ0) is 26.2. The molecule has 5 rings (SSSR count). The Morgan fingerprint density at radius 1 is 1.14 bits per heavy atom. The van der Waals surface area contributed by atoms with E-state index in [2.05, 4.69) is 14.6 Å². The van der Waals surface area contributed by atoms with Crippen LogP contribution in [0.1, 0.15) is 32.2 Å². The molecule has 3 N–H and O–H groups in total. The van der Waals surface area contributed by atoms with Gasteiger partial charge in [-0.3, -0.25) is 5.32 Å². The molecule has 2 aromatic carbocycles. The average Bonchev–Trinajstić information content (AvgIpc) is 3.10. The summed E-state index contributed by atoms with van der Waals surface area (Å²) in [4.78, 5) is 11.9. The Morgan fingerprint density at radius 3 is 2.46 bits per heavy atom. The predicted octanol–water partition coefficient (Wildman–Crippen LogP) is 5.87. The number of nitrogens with zero attached hydrogens (tertiary/aromatic N) is 1. The van der Waals surface area contributed by atoms with Gasteiger partial charge in [-0.05, 0) is 50.5 Å². The Labute approximate surface area is 211 Å². The molecule has 198 valence electrons. The lowest BCUT2D eigenvalue weighted by atomic mass is 9.92. The molecule has 1 aliphatic heterocycles. The summed E-state index contributed by atoms with van der Waals surface area (Å²) in [6, 6.07) is 12.8. The van der Waals surface area contributed by atoms with Gasteiger partial charge < -0.3 is 29.2 Å². The molecule has 1 aromatic heterocycles. The first-order valence-corrected chi connectivity index (χ1v) is 12.1. The van der Waals surface area contributed by atoms with Gasteiger partial charge in [0.05, 0.1) is 30.1 Å². The van der Waals surface area contributed by atoms with E-state index in [-0.39, 0.29) is 18.9 Å². The van der Waals surface area contributed by atoms with Crippen LogP contribution in [0.3, 0.4) is 0 Å². The zero-order valence-electron chi connectivity index (χ0n) is 20.2. The van der Waals surface area contributed by atoms with Crippen molar-refractivity contribution >= 4 is 28.4 Å². The van der Waals surface area contributed by atoms with Crippen molar-refractivity contribution in [3.63, 3.8) is 0 Å². The maximum Gasteiger partial charge on any atom is 0.425 e. The van der Waals surface area contributed by atoms with Crippen molar-refractivity contribution < 1.29 is 36.9 Å². The Morgan fingerprint density at radius 2 is 1.84 bits per heavy atom. The second kappa shape index (κ2) is 10.1. The number of alkyl halides is 3. The molecule has 11 heteroatoms. The van der Waals surface area contributed by atoms with Crippen molar-refractivity contribution in [2.24, 2.45) is 0 Å². The molecule has 2 fully saturated rings. The average molecular weight is 520 g/mol. The molecule has 0 unspecified atom stereocenters. The fourth-order valence-electron chi connectivity index (χ4n) is 4.52. The number of carbonyl (C=O) groups is 1. The van der Waals surface area contributed by atoms with E-state index in [1.165, 1.54) is 0 Å². The van der Waals surface area contributed by atoms with Crippen LogP contribution in [0, 0.1) is 0 Å². The summed E-state index contributed by atoms with van der Waals surface area (Å²) in [6.45, 7) is 1.96. The van der Waals surface area contributed by atoms with E-state index in [1.807, 2.05) is 18.2 Å². The molecule has 2 heterocycles. The molecule has 1 amide bonds. The Balaban J connectivity index is 1.41. The minimum atomic E-state index is -4.63. The van der Waals surface area contributed by atoms with Gasteiger partial charge in [-0.25, -0.2) is 4.79 Å². The van der Waals surface area contributed by atoms with Gasteiger partial charge in [-0.2, -0.15) is 13.2 Å². The van der Waals surface area contributed by atoms with Crippen LogP contribution in [0.25, 0.3) is 22.2 Å². The number of nitrogens with one attached hydrogen (secondary N) is 1. The van der Waals surface area contributed by atoms with Gasteiger partial charge >= 0.3 is 12.3 Å². The van der Waals surface area contributed by atoms with Gasteiger partial charge in [0.25, 0.3) is 0 Å². The molecule has 8 nitrogen and oxygen atoms in total. The van der Waals surface area contributed by atoms with Crippen LogP contribution in [0.5, 0.6) is 5.75 Å². The minimum Gasteiger partial charge on any atom is -0.486 e. The molecule has 3 aromatic rings. The summed E-state index contributed by atoms with van der Waals surface area (Å²) in [5, 5.41) is 3.23. The maximum atomic E-state index is 12.7. The number of fused-ring (bicyclic) bond motifs is 1. The number of nitrogen functional groups attached to an aromatic ring is 1. The lowest BCUT2D eigenvalue weighted by molar-refractivity contribution is -0.196. The molecule has 0 bridgehead atoms. The standard InChI is InChI=1S/C26H28F3N3O5/c1-15(26(27,28)29)36-25(33)31-17-7-5-16(6-8-17)24-23(30)21-10-9-19(37-20-12-34-14-35-13-20)11-22(21)32(24)18-3-2-4-18/h5-11,15,18,20H,2-4,12-14,30H2,1H3,(H,31,33)/t15-/m1/s1. The lowest BCUT2D eigenvalue weighted by Crippen LogP contribution is -2.33. The van der Waals surface area contributed by atoms with Crippen molar-refractivity contribution in [1.29, 1.82) is 0 Å². The highest BCUT2D eigenvalue weighted by Gasteiger charge is 2.39. The summed E-state index contributed by atoms with van der Waals surface area (Å²) in [6.07, 6.45) is -5.04. The maximum absolute atomic E-state index is 12.7. The van der Waals surface area contributed by atoms with E-state index in [9.17, 15) is 18.0 Å². The number of halogens is 3. The van der Waals surface area contributed by atoms with Gasteiger partial charge in [0.15, 0.2) is 6.10 Å². The lowest BCUT2D eigenvalue weighted by Gasteiger charge is -2.30. The number of rotatable bonds is 6. The summed E-state index contributed by atoms with van der Waals surface area (Å²) >= 11 is 0. The Hall–Kier alpha value is -3.44. The molecule has 0 radical (unpaired) electrons. The number of ether oxygens (including phenoxy) is 4. The molecule has 2 aliphatic rings. The Kier molecular flexibility index (Phi) is 6.91. The zero-order valence-corrected chi connectivity index (χ0v) is 20.2. The number of nitrogens with two attached hydrogens (primary N) is 1. The number of carbonyl (C=O) groups excluding carboxylic acids is 1. The Bertz CT molecular complexity index is 1270. The fraction of sp³-hybridized carbons (Fsp3) is 0.423. The van der Waals surface area contributed by atoms with Crippen LogP contribution in [-0.2, 0) is 14.2 Å². The summed E-state index contributed by atoms with van der Waals surface area (Å²) < 4.78 is 61.3. The van der Waals surface area contributed by atoms with Crippen molar-refractivity contribution in [3.8, 4) is 17.0 Å². The molecular formula is C26H28F3N3O5. The highest BCUT2D eigenvalue weighted by molar-refractivity contribution is 6.01. The highest BCUT2D eigenvalue weighted by Crippen LogP contribution is 2.45. The van der Waals surface area contributed by atoms with E-state index in [0.29, 0.717) is 30.3 Å². The van der Waals surface area contributed by atoms with Crippen LogP contribution >= 0.6 is 0 Å². The largest absolute Gasteiger partial charge is 0.486 e. The van der Waals surface area contributed by atoms with Gasteiger partial charge in [0.1, 0.15) is 18.6 Å². The SMILES string of the molecule is C[C@@H](OC(=O)Nc1ccc(-c2c(N)c3ccc(OC4COCOC4)cc3n2C2CCC2)cc1)C(F)(F)F. The number of anilines is 2.